The van der Waals surface area contributed by atoms with Gasteiger partial charge in [-0.25, -0.2) is 22.3 Å². The van der Waals surface area contributed by atoms with Gasteiger partial charge in [-0.3, -0.25) is 4.18 Å². The Balaban J connectivity index is 0.000000584. The van der Waals surface area contributed by atoms with E-state index in [1.165, 1.54) is 26.4 Å². The highest BCUT2D eigenvalue weighted by atomic mass is 32.3. The Kier molecular flexibility index (Phi) is 15.4. The number of imidazole rings is 1. The van der Waals surface area contributed by atoms with Crippen molar-refractivity contribution in [2.75, 3.05) is 13.7 Å². The first-order valence-electron chi connectivity index (χ1n) is 10.1. The molecular formula is C19H36N2O8S. The molecule has 0 saturated heterocycles. The van der Waals surface area contributed by atoms with E-state index in [1.807, 2.05) is 17.8 Å². The van der Waals surface area contributed by atoms with Crippen molar-refractivity contribution >= 4 is 16.4 Å². The molecule has 0 N–H and O–H groups in total. The van der Waals surface area contributed by atoms with Gasteiger partial charge in [0.15, 0.2) is 12.8 Å². The van der Waals surface area contributed by atoms with Crippen LogP contribution in [-0.2, 0) is 47.2 Å². The number of nitrogens with zero attached hydrogens (tertiary/aromatic N) is 2. The van der Waals surface area contributed by atoms with Crippen LogP contribution >= 0.6 is 0 Å². The minimum absolute atomic E-state index is 0.0258. The zero-order chi connectivity index (χ0) is 23.0. The van der Waals surface area contributed by atoms with Crippen LogP contribution in [0.5, 0.6) is 0 Å². The lowest BCUT2D eigenvalue weighted by Crippen LogP contribution is -2.27. The van der Waals surface area contributed by atoms with E-state index in [2.05, 4.69) is 11.1 Å². The summed E-state index contributed by atoms with van der Waals surface area (Å²) < 4.78 is 52.8. The van der Waals surface area contributed by atoms with Gasteiger partial charge in [0.2, 0.25) is 23.0 Å². The number of methoxy groups -OCH3 is 1. The lowest BCUT2D eigenvalue weighted by molar-refractivity contribution is -0.671. The van der Waals surface area contributed by atoms with Crippen LogP contribution in [0.15, 0.2) is 18.7 Å². The lowest BCUT2D eigenvalue weighted by atomic mass is 10.1. The summed E-state index contributed by atoms with van der Waals surface area (Å²) in [6.07, 6.45) is 10.6. The van der Waals surface area contributed by atoms with Gasteiger partial charge in [0.25, 0.3) is 0 Å². The van der Waals surface area contributed by atoms with E-state index < -0.39 is 23.0 Å². The Morgan fingerprint density at radius 3 is 2.30 bits per heavy atom. The Bertz CT molecular complexity index is 678. The molecule has 11 heteroatoms. The molecule has 0 fully saturated rings. The maximum atomic E-state index is 11.5. The monoisotopic (exact) mass is 452 g/mol. The highest BCUT2D eigenvalue weighted by Crippen LogP contribution is 2.05. The first-order chi connectivity index (χ1) is 14.1. The summed E-state index contributed by atoms with van der Waals surface area (Å²) in [6.45, 7) is 5.71. The minimum atomic E-state index is -4.47. The predicted molar refractivity (Wildman–Crippen MR) is 108 cm³/mol. The van der Waals surface area contributed by atoms with Crippen molar-refractivity contribution in [1.82, 2.24) is 4.57 Å². The average molecular weight is 453 g/mol. The van der Waals surface area contributed by atoms with E-state index in [4.69, 9.17) is 14.2 Å². The standard InChI is InChI=1S/C11H19N2O4.C8H18O4S/c1-9(15-4)16-10(2)17-11(14)7-13-6-5-12(3)8-13;1-2-3-4-5-6-7-8-12-13(9,10)11/h5-6,8-10H,7H2,1-4H3;2-8H2,1H3,(H,9,10,11)/q+1;/p-1. The van der Waals surface area contributed by atoms with E-state index >= 15 is 0 Å². The third kappa shape index (κ3) is 17.3. The largest absolute Gasteiger partial charge is 0.726 e. The Labute approximate surface area is 180 Å². The van der Waals surface area contributed by atoms with Gasteiger partial charge in [-0.15, -0.1) is 0 Å². The zero-order valence-electron chi connectivity index (χ0n) is 18.6. The fourth-order valence-electron chi connectivity index (χ4n) is 2.36. The molecular weight excluding hydrogens is 416 g/mol. The molecule has 0 saturated carbocycles. The summed E-state index contributed by atoms with van der Waals surface area (Å²) in [7, 11) is -1.06. The number of unbranched alkanes of at least 4 members (excludes halogenated alkanes) is 5. The molecule has 2 unspecified atom stereocenters. The number of esters is 1. The number of aryl methyl sites for hydroxylation is 1. The smallest absolute Gasteiger partial charge is 0.350 e. The molecule has 0 aromatic carbocycles. The number of carbonyl (C=O) groups excluding carboxylic acids is 1. The summed E-state index contributed by atoms with van der Waals surface area (Å²) in [6, 6.07) is 0. The maximum absolute atomic E-state index is 11.5. The van der Waals surface area contributed by atoms with Crippen molar-refractivity contribution < 1.29 is 40.7 Å². The molecule has 0 aliphatic heterocycles. The first-order valence-corrected chi connectivity index (χ1v) is 11.4. The van der Waals surface area contributed by atoms with Crippen LogP contribution < -0.4 is 4.57 Å². The molecule has 176 valence electrons. The number of rotatable bonds is 14. The molecule has 1 aromatic heterocycles. The van der Waals surface area contributed by atoms with Crippen molar-refractivity contribution in [1.29, 1.82) is 0 Å². The van der Waals surface area contributed by atoms with Gasteiger partial charge in [0, 0.05) is 7.11 Å². The van der Waals surface area contributed by atoms with Gasteiger partial charge in [-0.1, -0.05) is 39.0 Å². The number of hydrogen-bond donors (Lipinski definition) is 0. The maximum Gasteiger partial charge on any atom is 0.350 e. The summed E-state index contributed by atoms with van der Waals surface area (Å²) >= 11 is 0. The third-order valence-electron chi connectivity index (χ3n) is 3.87. The molecule has 0 aliphatic carbocycles. The molecule has 0 spiro atoms. The molecule has 10 nitrogen and oxygen atoms in total. The van der Waals surface area contributed by atoms with E-state index in [0.717, 1.165) is 12.8 Å². The molecule has 1 heterocycles. The van der Waals surface area contributed by atoms with E-state index in [0.29, 0.717) is 6.42 Å². The molecule has 0 amide bonds. The van der Waals surface area contributed by atoms with Gasteiger partial charge in [-0.05, 0) is 20.3 Å². The number of carbonyl (C=O) groups is 1. The topological polar surface area (TPSA) is 120 Å². The fourth-order valence-corrected chi connectivity index (χ4v) is 2.69. The molecule has 2 atom stereocenters. The van der Waals surface area contributed by atoms with Crippen LogP contribution in [0.25, 0.3) is 0 Å². The number of ether oxygens (including phenoxy) is 3. The highest BCUT2D eigenvalue weighted by Gasteiger charge is 2.15. The van der Waals surface area contributed by atoms with Crippen LogP contribution in [0.1, 0.15) is 59.3 Å². The normalized spacial score (nSPS) is 13.3. The molecule has 0 aliphatic rings. The summed E-state index contributed by atoms with van der Waals surface area (Å²) in [5, 5.41) is 0. The van der Waals surface area contributed by atoms with E-state index in [1.54, 1.807) is 30.9 Å². The van der Waals surface area contributed by atoms with Crippen LogP contribution in [0.3, 0.4) is 0 Å². The Morgan fingerprint density at radius 1 is 1.13 bits per heavy atom. The summed E-state index contributed by atoms with van der Waals surface area (Å²) in [5.74, 6) is -0.350. The van der Waals surface area contributed by atoms with Crippen molar-refractivity contribution in [2.24, 2.45) is 7.05 Å². The van der Waals surface area contributed by atoms with E-state index in [-0.39, 0.29) is 19.1 Å². The number of aromatic nitrogens is 2. The lowest BCUT2D eigenvalue weighted by Gasteiger charge is -2.17. The second-order valence-corrected chi connectivity index (χ2v) is 7.80. The van der Waals surface area contributed by atoms with Crippen molar-refractivity contribution in [3.05, 3.63) is 18.7 Å². The average Bonchev–Trinajstić information content (AvgIpc) is 3.04. The zero-order valence-corrected chi connectivity index (χ0v) is 19.4. The molecule has 0 radical (unpaired) electrons. The fraction of sp³-hybridized carbons (Fsp3) is 0.789. The van der Waals surface area contributed by atoms with Gasteiger partial charge < -0.3 is 18.8 Å². The molecule has 1 rings (SSSR count). The van der Waals surface area contributed by atoms with E-state index in [9.17, 15) is 17.8 Å². The van der Waals surface area contributed by atoms with Crippen molar-refractivity contribution in [2.45, 2.75) is 78.4 Å². The quantitative estimate of drug-likeness (QED) is 0.105. The van der Waals surface area contributed by atoms with Gasteiger partial charge >= 0.3 is 5.97 Å². The number of hydrogen-bond acceptors (Lipinski definition) is 8. The van der Waals surface area contributed by atoms with Crippen molar-refractivity contribution in [3.63, 3.8) is 0 Å². The third-order valence-corrected chi connectivity index (χ3v) is 4.33. The van der Waals surface area contributed by atoms with Crippen LogP contribution in [0.2, 0.25) is 0 Å². The SMILES string of the molecule is CCCCCCCCOS(=O)(=O)[O-].COC(C)OC(C)OC(=O)Cn1cc[n+](C)c1. The Hall–Kier alpha value is -1.53. The van der Waals surface area contributed by atoms with Gasteiger partial charge in [-0.2, -0.15) is 0 Å². The second kappa shape index (κ2) is 16.2. The molecule has 30 heavy (non-hydrogen) atoms. The Morgan fingerprint density at radius 2 is 1.77 bits per heavy atom. The van der Waals surface area contributed by atoms with Gasteiger partial charge in [0.1, 0.15) is 12.4 Å². The molecule has 1 aromatic rings. The van der Waals surface area contributed by atoms with Crippen LogP contribution in [0, 0.1) is 0 Å². The highest BCUT2D eigenvalue weighted by molar-refractivity contribution is 7.80. The summed E-state index contributed by atoms with van der Waals surface area (Å²) in [5.41, 5.74) is 0. The van der Waals surface area contributed by atoms with Crippen LogP contribution in [0.4, 0.5) is 0 Å². The minimum Gasteiger partial charge on any atom is -0.726 e. The summed E-state index contributed by atoms with van der Waals surface area (Å²) in [4.78, 5) is 11.5. The molecule has 0 bridgehead atoms. The van der Waals surface area contributed by atoms with Crippen molar-refractivity contribution in [3.8, 4) is 0 Å². The second-order valence-electron chi connectivity index (χ2n) is 6.75. The van der Waals surface area contributed by atoms with Crippen LogP contribution in [-0.4, -0.2) is 49.8 Å². The first kappa shape index (κ1) is 28.5. The van der Waals surface area contributed by atoms with Gasteiger partial charge in [0.05, 0.1) is 13.7 Å². The predicted octanol–water partition coefficient (Wildman–Crippen LogP) is 2.03.